The SMILES string of the molecule is COC1NCNC(C2CC2)C1C1NCC2C(N1)N(CC1CCC(C3NC(C(F)(F)F)CN3C)CC1)C(=N)N2CC(F)F. The van der Waals surface area contributed by atoms with Crippen LogP contribution >= 0.6 is 0 Å². The van der Waals surface area contributed by atoms with Crippen molar-refractivity contribution < 1.29 is 26.7 Å². The third-order valence-corrected chi connectivity index (χ3v) is 10.6. The van der Waals surface area contributed by atoms with Gasteiger partial charge in [-0.15, -0.1) is 0 Å². The molecular formula is C27H46F5N9O. The molecule has 0 radical (unpaired) electrons. The molecule has 10 nitrogen and oxygen atoms in total. The number of rotatable bonds is 8. The number of likely N-dealkylation sites (N-methyl/N-ethyl adjacent to an activating group) is 1. The minimum absolute atomic E-state index is 0.0412. The van der Waals surface area contributed by atoms with Crippen LogP contribution < -0.4 is 26.6 Å². The molecule has 240 valence electrons. The lowest BCUT2D eigenvalue weighted by molar-refractivity contribution is -0.150. The lowest BCUT2D eigenvalue weighted by Crippen LogP contribution is -2.73. The molecule has 15 heteroatoms. The zero-order valence-electron chi connectivity index (χ0n) is 24.3. The van der Waals surface area contributed by atoms with Gasteiger partial charge in [-0.1, -0.05) is 0 Å². The molecule has 2 aliphatic carbocycles. The van der Waals surface area contributed by atoms with Crippen LogP contribution in [0.3, 0.4) is 0 Å². The van der Waals surface area contributed by atoms with Crippen LogP contribution in [0.4, 0.5) is 22.0 Å². The summed E-state index contributed by atoms with van der Waals surface area (Å²) in [5, 5.41) is 26.0. The number of fused-ring (bicyclic) bond motifs is 1. The van der Waals surface area contributed by atoms with Gasteiger partial charge in [-0.3, -0.25) is 31.6 Å². The van der Waals surface area contributed by atoms with Crippen molar-refractivity contribution >= 4 is 5.96 Å². The summed E-state index contributed by atoms with van der Waals surface area (Å²) in [7, 11) is 3.45. The maximum Gasteiger partial charge on any atom is 0.405 e. The molecule has 4 heterocycles. The Morgan fingerprint density at radius 2 is 1.67 bits per heavy atom. The molecule has 0 spiro atoms. The van der Waals surface area contributed by atoms with Crippen LogP contribution in [-0.2, 0) is 4.74 Å². The van der Waals surface area contributed by atoms with Crippen LogP contribution in [0.15, 0.2) is 0 Å². The average molecular weight is 608 g/mol. The van der Waals surface area contributed by atoms with Gasteiger partial charge in [0.2, 0.25) is 0 Å². The highest BCUT2D eigenvalue weighted by Gasteiger charge is 2.53. The highest BCUT2D eigenvalue weighted by atomic mass is 19.4. The first-order chi connectivity index (χ1) is 20.0. The average Bonchev–Trinajstić information content (AvgIpc) is 3.69. The van der Waals surface area contributed by atoms with Crippen molar-refractivity contribution in [1.82, 2.24) is 41.3 Å². The van der Waals surface area contributed by atoms with E-state index in [1.165, 1.54) is 17.7 Å². The van der Waals surface area contributed by atoms with Crippen LogP contribution in [0.2, 0.25) is 0 Å². The number of guanidine groups is 1. The summed E-state index contributed by atoms with van der Waals surface area (Å²) in [4.78, 5) is 5.26. The normalized spacial score (nSPS) is 42.0. The molecule has 0 aromatic rings. The van der Waals surface area contributed by atoms with E-state index in [0.717, 1.165) is 25.7 Å². The third-order valence-electron chi connectivity index (χ3n) is 10.6. The molecule has 6 fully saturated rings. The fraction of sp³-hybridized carbons (Fsp3) is 0.963. The second-order valence-corrected chi connectivity index (χ2v) is 13.2. The molecule has 6 rings (SSSR count). The largest absolute Gasteiger partial charge is 0.405 e. The Labute approximate surface area is 244 Å². The van der Waals surface area contributed by atoms with Gasteiger partial charge in [0.15, 0.2) is 5.96 Å². The van der Waals surface area contributed by atoms with E-state index in [9.17, 15) is 22.0 Å². The molecule has 8 atom stereocenters. The number of hydrogen-bond donors (Lipinski definition) is 6. The van der Waals surface area contributed by atoms with Gasteiger partial charge in [-0.25, -0.2) is 8.78 Å². The molecule has 8 unspecified atom stereocenters. The Morgan fingerprint density at radius 3 is 2.29 bits per heavy atom. The van der Waals surface area contributed by atoms with Crippen LogP contribution in [0.1, 0.15) is 38.5 Å². The van der Waals surface area contributed by atoms with Crippen molar-refractivity contribution in [1.29, 1.82) is 5.41 Å². The molecular weight excluding hydrogens is 561 g/mol. The van der Waals surface area contributed by atoms with Gasteiger partial charge < -0.3 is 19.9 Å². The number of hydrogen-bond acceptors (Lipinski definition) is 8. The molecule has 0 aromatic carbocycles. The van der Waals surface area contributed by atoms with Gasteiger partial charge in [0.25, 0.3) is 6.43 Å². The molecule has 0 bridgehead atoms. The van der Waals surface area contributed by atoms with Crippen molar-refractivity contribution in [3.63, 3.8) is 0 Å². The standard InChI is InChI=1S/C27H46F5N9O/c1-39-11-18(27(30,31)32)37-23(39)16-5-3-14(4-6-16)10-41-24-17(40(26(41)33)12-19(28)29)9-34-22(38-24)20-21(15-7-8-15)35-13-36-25(20)42-2/h14-25,33-38H,3-13H2,1-2H3. The molecule has 4 saturated heterocycles. The summed E-state index contributed by atoms with van der Waals surface area (Å²) >= 11 is 0. The number of alkyl halides is 5. The second kappa shape index (κ2) is 12.2. The monoisotopic (exact) mass is 607 g/mol. The summed E-state index contributed by atoms with van der Waals surface area (Å²) in [6.45, 7) is 1.17. The Kier molecular flexibility index (Phi) is 8.91. The van der Waals surface area contributed by atoms with E-state index in [-0.39, 0.29) is 67.1 Å². The zero-order valence-corrected chi connectivity index (χ0v) is 24.3. The van der Waals surface area contributed by atoms with E-state index in [1.54, 1.807) is 19.1 Å². The summed E-state index contributed by atoms with van der Waals surface area (Å²) < 4.78 is 73.0. The Hall–Kier alpha value is -1.36. The van der Waals surface area contributed by atoms with Gasteiger partial charge in [-0.05, 0) is 63.3 Å². The van der Waals surface area contributed by atoms with E-state index in [0.29, 0.717) is 25.7 Å². The first-order valence-electron chi connectivity index (χ1n) is 15.5. The van der Waals surface area contributed by atoms with Gasteiger partial charge >= 0.3 is 6.18 Å². The Balaban J connectivity index is 1.12. The quantitative estimate of drug-likeness (QED) is 0.227. The molecule has 6 N–H and O–H groups in total. The molecule has 42 heavy (non-hydrogen) atoms. The topological polar surface area (TPSA) is 103 Å². The summed E-state index contributed by atoms with van der Waals surface area (Å²) in [5.41, 5.74) is 0. The fourth-order valence-electron chi connectivity index (χ4n) is 8.31. The maximum absolute atomic E-state index is 13.6. The first-order valence-corrected chi connectivity index (χ1v) is 15.5. The Morgan fingerprint density at radius 1 is 0.952 bits per heavy atom. The van der Waals surface area contributed by atoms with Crippen LogP contribution in [0.5, 0.6) is 0 Å². The molecule has 0 amide bonds. The van der Waals surface area contributed by atoms with Crippen LogP contribution in [0.25, 0.3) is 0 Å². The predicted molar refractivity (Wildman–Crippen MR) is 146 cm³/mol. The van der Waals surface area contributed by atoms with E-state index in [1.807, 2.05) is 4.90 Å². The van der Waals surface area contributed by atoms with Crippen molar-refractivity contribution in [3.8, 4) is 0 Å². The number of ether oxygens (including phenoxy) is 1. The molecule has 4 aliphatic heterocycles. The fourth-order valence-corrected chi connectivity index (χ4v) is 8.31. The number of nitrogens with one attached hydrogen (secondary N) is 6. The number of nitrogens with zero attached hydrogens (tertiary/aromatic N) is 3. The minimum atomic E-state index is -4.26. The summed E-state index contributed by atoms with van der Waals surface area (Å²) in [5.74, 6) is 1.13. The minimum Gasteiger partial charge on any atom is -0.366 e. The van der Waals surface area contributed by atoms with Crippen LogP contribution in [-0.4, -0.2) is 123 Å². The summed E-state index contributed by atoms with van der Waals surface area (Å²) in [6.07, 6.45) is -2.12. The van der Waals surface area contributed by atoms with Gasteiger partial charge in [0.1, 0.15) is 18.4 Å². The molecule has 0 aromatic heterocycles. The second-order valence-electron chi connectivity index (χ2n) is 13.2. The highest BCUT2D eigenvalue weighted by Crippen LogP contribution is 2.40. The summed E-state index contributed by atoms with van der Waals surface area (Å²) in [6, 6.07) is -1.54. The van der Waals surface area contributed by atoms with E-state index < -0.39 is 25.2 Å². The number of methoxy groups -OCH3 is 1. The number of halogens is 5. The van der Waals surface area contributed by atoms with Crippen molar-refractivity contribution in [2.75, 3.05) is 47.0 Å². The molecule has 6 aliphatic rings. The van der Waals surface area contributed by atoms with Crippen molar-refractivity contribution in [3.05, 3.63) is 0 Å². The van der Waals surface area contributed by atoms with E-state index >= 15 is 0 Å². The highest BCUT2D eigenvalue weighted by molar-refractivity contribution is 5.80. The maximum atomic E-state index is 13.6. The van der Waals surface area contributed by atoms with Crippen molar-refractivity contribution in [2.24, 2.45) is 23.7 Å². The molecule has 2 saturated carbocycles. The van der Waals surface area contributed by atoms with E-state index in [4.69, 9.17) is 10.1 Å². The van der Waals surface area contributed by atoms with Crippen molar-refractivity contribution in [2.45, 2.75) is 94.0 Å². The van der Waals surface area contributed by atoms with Gasteiger partial charge in [0, 0.05) is 45.4 Å². The lowest BCUT2D eigenvalue weighted by atomic mass is 9.80. The lowest BCUT2D eigenvalue weighted by Gasteiger charge is -2.48. The zero-order chi connectivity index (χ0) is 29.8. The predicted octanol–water partition coefficient (Wildman–Crippen LogP) is 1.13. The Bertz CT molecular complexity index is 949. The smallest absolute Gasteiger partial charge is 0.366 e. The van der Waals surface area contributed by atoms with Gasteiger partial charge in [0.05, 0.1) is 24.9 Å². The van der Waals surface area contributed by atoms with E-state index in [2.05, 4.69) is 26.6 Å². The third kappa shape index (κ3) is 6.11. The van der Waals surface area contributed by atoms with Crippen LogP contribution in [0, 0.1) is 29.1 Å². The van der Waals surface area contributed by atoms with Gasteiger partial charge in [-0.2, -0.15) is 13.2 Å². The first kappa shape index (κ1) is 30.7.